The molecule has 1 N–H and O–H groups in total. The molecule has 2 aromatic heterocycles. The van der Waals surface area contributed by atoms with E-state index in [0.29, 0.717) is 11.5 Å². The van der Waals surface area contributed by atoms with Gasteiger partial charge in [-0.15, -0.1) is 0 Å². The van der Waals surface area contributed by atoms with Gasteiger partial charge < -0.3 is 5.11 Å². The minimum atomic E-state index is -0.888. The summed E-state index contributed by atoms with van der Waals surface area (Å²) in [4.78, 5) is 10.4. The minimum absolute atomic E-state index is 0.0696. The van der Waals surface area contributed by atoms with Crippen LogP contribution in [-0.2, 0) is 18.3 Å². The van der Waals surface area contributed by atoms with Crippen LogP contribution in [-0.4, -0.2) is 30.6 Å². The number of nitrogens with zero attached hydrogens (tertiary/aromatic N) is 4. The topological polar surface area (TPSA) is 72.9 Å². The number of carboxylic acids is 1. The molecule has 2 aromatic rings. The second kappa shape index (κ2) is 3.56. The van der Waals surface area contributed by atoms with E-state index in [-0.39, 0.29) is 6.42 Å². The van der Waals surface area contributed by atoms with Gasteiger partial charge in [0, 0.05) is 25.5 Å². The zero-order valence-corrected chi connectivity index (χ0v) is 8.16. The Bertz CT molecular complexity index is 486. The first-order valence-electron chi connectivity index (χ1n) is 4.41. The molecule has 0 aromatic carbocycles. The minimum Gasteiger partial charge on any atom is -0.481 e. The lowest BCUT2D eigenvalue weighted by molar-refractivity contribution is -0.136. The Morgan fingerprint density at radius 2 is 2.20 bits per heavy atom. The second-order valence-electron chi connectivity index (χ2n) is 3.17. The summed E-state index contributed by atoms with van der Waals surface area (Å²) in [5, 5.41) is 16.8. The molecule has 78 valence electrons. The van der Waals surface area contributed by atoms with E-state index >= 15 is 0 Å². The molecule has 6 heteroatoms. The van der Waals surface area contributed by atoms with Crippen molar-refractivity contribution in [2.45, 2.75) is 6.42 Å². The van der Waals surface area contributed by atoms with Crippen LogP contribution in [0.3, 0.4) is 0 Å². The molecule has 2 rings (SSSR count). The third-order valence-electron chi connectivity index (χ3n) is 1.91. The number of hydrogen-bond donors (Lipinski definition) is 1. The van der Waals surface area contributed by atoms with Crippen LogP contribution in [0, 0.1) is 0 Å². The predicted octanol–water partition coefficient (Wildman–Crippen LogP) is 0.233. The molecule has 0 atom stereocenters. The Hall–Kier alpha value is -2.11. The number of carbonyl (C=O) groups is 1. The monoisotopic (exact) mass is 206 g/mol. The second-order valence-corrected chi connectivity index (χ2v) is 3.17. The highest BCUT2D eigenvalue weighted by molar-refractivity contribution is 5.69. The lowest BCUT2D eigenvalue weighted by atomic mass is 10.3. The van der Waals surface area contributed by atoms with E-state index < -0.39 is 5.97 Å². The van der Waals surface area contributed by atoms with Crippen molar-refractivity contribution >= 4 is 5.97 Å². The van der Waals surface area contributed by atoms with E-state index in [1.165, 1.54) is 0 Å². The van der Waals surface area contributed by atoms with Gasteiger partial charge in [-0.3, -0.25) is 9.48 Å². The van der Waals surface area contributed by atoms with Crippen LogP contribution < -0.4 is 0 Å². The highest BCUT2D eigenvalue weighted by Gasteiger charge is 2.06. The van der Waals surface area contributed by atoms with Crippen LogP contribution in [0.25, 0.3) is 5.82 Å². The van der Waals surface area contributed by atoms with Crippen LogP contribution in [0.5, 0.6) is 0 Å². The van der Waals surface area contributed by atoms with Crippen molar-refractivity contribution in [1.29, 1.82) is 0 Å². The van der Waals surface area contributed by atoms with Gasteiger partial charge in [-0.2, -0.15) is 10.2 Å². The van der Waals surface area contributed by atoms with Crippen molar-refractivity contribution in [1.82, 2.24) is 19.6 Å². The van der Waals surface area contributed by atoms with Crippen molar-refractivity contribution in [3.8, 4) is 5.82 Å². The quantitative estimate of drug-likeness (QED) is 0.780. The maximum Gasteiger partial charge on any atom is 0.309 e. The summed E-state index contributed by atoms with van der Waals surface area (Å²) in [6, 6.07) is 3.47. The van der Waals surface area contributed by atoms with Crippen molar-refractivity contribution in [2.24, 2.45) is 7.05 Å². The van der Waals surface area contributed by atoms with Gasteiger partial charge in [-0.25, -0.2) is 4.68 Å². The molecule has 0 spiro atoms. The van der Waals surface area contributed by atoms with Crippen LogP contribution in [0.1, 0.15) is 5.69 Å². The molecule has 0 aliphatic heterocycles. The largest absolute Gasteiger partial charge is 0.481 e. The fraction of sp³-hybridized carbons (Fsp3) is 0.222. The summed E-state index contributed by atoms with van der Waals surface area (Å²) in [6.07, 6.45) is 3.42. The Labute approximate surface area is 85.8 Å². The molecule has 0 saturated heterocycles. The molecule has 6 nitrogen and oxygen atoms in total. The lowest BCUT2D eigenvalue weighted by Crippen LogP contribution is -2.03. The third kappa shape index (κ3) is 2.04. The van der Waals surface area contributed by atoms with Gasteiger partial charge in [-0.1, -0.05) is 0 Å². The average Bonchev–Trinajstić information content (AvgIpc) is 2.72. The van der Waals surface area contributed by atoms with E-state index in [1.807, 2.05) is 7.05 Å². The zero-order chi connectivity index (χ0) is 10.8. The van der Waals surface area contributed by atoms with E-state index in [1.54, 1.807) is 33.9 Å². The normalized spacial score (nSPS) is 10.5. The number of aryl methyl sites for hydroxylation is 1. The fourth-order valence-electron chi connectivity index (χ4n) is 1.26. The first kappa shape index (κ1) is 9.45. The van der Waals surface area contributed by atoms with E-state index in [0.717, 1.165) is 0 Å². The predicted molar refractivity (Wildman–Crippen MR) is 51.7 cm³/mol. The van der Waals surface area contributed by atoms with E-state index in [9.17, 15) is 4.79 Å². The number of carboxylic acid groups (broad SMARTS) is 1. The maximum absolute atomic E-state index is 10.4. The summed E-state index contributed by atoms with van der Waals surface area (Å²) in [7, 11) is 1.81. The molecule has 0 unspecified atom stereocenters. The van der Waals surface area contributed by atoms with Gasteiger partial charge >= 0.3 is 5.97 Å². The SMILES string of the molecule is Cn1ccc(-n2ccc(CC(=O)O)n2)n1. The highest BCUT2D eigenvalue weighted by Crippen LogP contribution is 2.04. The van der Waals surface area contributed by atoms with Gasteiger partial charge in [0.25, 0.3) is 0 Å². The van der Waals surface area contributed by atoms with Crippen LogP contribution in [0.15, 0.2) is 24.5 Å². The van der Waals surface area contributed by atoms with E-state index in [2.05, 4.69) is 10.2 Å². The molecule has 2 heterocycles. The number of rotatable bonds is 3. The summed E-state index contributed by atoms with van der Waals surface area (Å²) in [6.45, 7) is 0. The molecule has 0 amide bonds. The van der Waals surface area contributed by atoms with E-state index in [4.69, 9.17) is 5.11 Å². The Morgan fingerprint density at radius 1 is 1.40 bits per heavy atom. The summed E-state index contributed by atoms with van der Waals surface area (Å²) >= 11 is 0. The standard InChI is InChI=1S/C9H10N4O2/c1-12-4-3-8(11-12)13-5-2-7(10-13)6-9(14)15/h2-5H,6H2,1H3,(H,14,15). The van der Waals surface area contributed by atoms with Crippen LogP contribution in [0.2, 0.25) is 0 Å². The summed E-state index contributed by atoms with van der Waals surface area (Å²) in [5.74, 6) is -0.213. The maximum atomic E-state index is 10.4. The molecular formula is C9H10N4O2. The average molecular weight is 206 g/mol. The van der Waals surface area contributed by atoms with Crippen LogP contribution in [0.4, 0.5) is 0 Å². The van der Waals surface area contributed by atoms with Gasteiger partial charge in [0.1, 0.15) is 0 Å². The number of aromatic nitrogens is 4. The number of aliphatic carboxylic acids is 1. The lowest BCUT2D eigenvalue weighted by Gasteiger charge is -1.94. The smallest absolute Gasteiger partial charge is 0.309 e. The Kier molecular flexibility index (Phi) is 2.24. The number of hydrogen-bond acceptors (Lipinski definition) is 3. The third-order valence-corrected chi connectivity index (χ3v) is 1.91. The van der Waals surface area contributed by atoms with Crippen molar-refractivity contribution in [3.05, 3.63) is 30.2 Å². The first-order valence-corrected chi connectivity index (χ1v) is 4.41. The summed E-state index contributed by atoms with van der Waals surface area (Å²) < 4.78 is 3.21. The Balaban J connectivity index is 2.23. The molecule has 0 radical (unpaired) electrons. The van der Waals surface area contributed by atoms with Gasteiger partial charge in [0.2, 0.25) is 0 Å². The summed E-state index contributed by atoms with van der Waals surface area (Å²) in [5.41, 5.74) is 0.521. The molecule has 0 saturated carbocycles. The fourth-order valence-corrected chi connectivity index (χ4v) is 1.26. The van der Waals surface area contributed by atoms with Crippen LogP contribution >= 0.6 is 0 Å². The molecular weight excluding hydrogens is 196 g/mol. The van der Waals surface area contributed by atoms with Crippen molar-refractivity contribution < 1.29 is 9.90 Å². The van der Waals surface area contributed by atoms with Gasteiger partial charge in [0.15, 0.2) is 5.82 Å². The molecule has 15 heavy (non-hydrogen) atoms. The first-order chi connectivity index (χ1) is 7.15. The van der Waals surface area contributed by atoms with Gasteiger partial charge in [0.05, 0.1) is 12.1 Å². The zero-order valence-electron chi connectivity index (χ0n) is 8.16. The van der Waals surface area contributed by atoms with Crippen molar-refractivity contribution in [3.63, 3.8) is 0 Å². The molecule has 0 aliphatic rings. The van der Waals surface area contributed by atoms with Crippen molar-refractivity contribution in [2.75, 3.05) is 0 Å². The Morgan fingerprint density at radius 3 is 2.80 bits per heavy atom. The highest BCUT2D eigenvalue weighted by atomic mass is 16.4. The molecule has 0 bridgehead atoms. The molecule has 0 aliphatic carbocycles. The molecule has 0 fully saturated rings. The van der Waals surface area contributed by atoms with Gasteiger partial charge in [-0.05, 0) is 6.07 Å².